The molecule has 0 radical (unpaired) electrons. The molecule has 182 valence electrons. The molecule has 37 heavy (non-hydrogen) atoms. The van der Waals surface area contributed by atoms with Crippen molar-refractivity contribution in [3.63, 3.8) is 0 Å². The van der Waals surface area contributed by atoms with Crippen molar-refractivity contribution in [1.82, 2.24) is 0 Å². The fraction of sp³-hybridized carbons (Fsp3) is 0.107. The van der Waals surface area contributed by atoms with Crippen molar-refractivity contribution in [2.24, 2.45) is 5.73 Å². The number of cyclic esters (lactones) is 1. The molecule has 1 spiro atoms. The van der Waals surface area contributed by atoms with Gasteiger partial charge in [-0.15, -0.1) is 0 Å². The van der Waals surface area contributed by atoms with Gasteiger partial charge in [-0.2, -0.15) is 5.26 Å². The van der Waals surface area contributed by atoms with Gasteiger partial charge in [-0.3, -0.25) is 9.69 Å². The van der Waals surface area contributed by atoms with Crippen LogP contribution in [-0.4, -0.2) is 18.5 Å². The molecule has 1 unspecified atom stereocenters. The molecule has 6 rings (SSSR count). The van der Waals surface area contributed by atoms with Crippen molar-refractivity contribution in [3.8, 4) is 6.07 Å². The van der Waals surface area contributed by atoms with E-state index in [1.165, 1.54) is 11.0 Å². The molecule has 0 fully saturated rings. The van der Waals surface area contributed by atoms with Gasteiger partial charge in [0.2, 0.25) is 5.91 Å². The summed E-state index contributed by atoms with van der Waals surface area (Å²) in [6.07, 6.45) is 0. The first-order chi connectivity index (χ1) is 17.9. The van der Waals surface area contributed by atoms with Crippen LogP contribution < -0.4 is 15.5 Å². The summed E-state index contributed by atoms with van der Waals surface area (Å²) in [5.41, 5.74) is 6.80. The number of hydrogen-bond acceptors (Lipinski definition) is 6. The molecule has 0 bridgehead atoms. The third kappa shape index (κ3) is 3.04. The van der Waals surface area contributed by atoms with Gasteiger partial charge in [0, 0.05) is 27.5 Å². The molecule has 1 atom stereocenters. The van der Waals surface area contributed by atoms with Gasteiger partial charge in [0.05, 0.1) is 23.4 Å². The fourth-order valence-electron chi connectivity index (χ4n) is 5.43. The van der Waals surface area contributed by atoms with E-state index in [1.54, 1.807) is 71.6 Å². The molecule has 2 N–H and O–H groups in total. The van der Waals surface area contributed by atoms with Crippen LogP contribution in [0.25, 0.3) is 0 Å². The highest BCUT2D eigenvalue weighted by molar-refractivity contribution is 6.30. The van der Waals surface area contributed by atoms with Crippen molar-refractivity contribution >= 4 is 34.9 Å². The van der Waals surface area contributed by atoms with Gasteiger partial charge < -0.3 is 15.4 Å². The summed E-state index contributed by atoms with van der Waals surface area (Å²) >= 11 is 6.06. The van der Waals surface area contributed by atoms with Gasteiger partial charge in [-0.1, -0.05) is 48.0 Å². The number of rotatable bonds is 3. The highest BCUT2D eigenvalue weighted by Gasteiger charge is 2.64. The van der Waals surface area contributed by atoms with Crippen LogP contribution in [0.2, 0.25) is 5.02 Å². The number of carbonyl (C=O) groups is 2. The van der Waals surface area contributed by atoms with Gasteiger partial charge >= 0.3 is 5.97 Å². The number of amides is 1. The van der Waals surface area contributed by atoms with Crippen molar-refractivity contribution in [2.45, 2.75) is 12.0 Å². The van der Waals surface area contributed by atoms with Crippen molar-refractivity contribution in [2.75, 3.05) is 16.4 Å². The minimum atomic E-state index is -1.83. The second-order valence-electron chi connectivity index (χ2n) is 8.83. The van der Waals surface area contributed by atoms with Crippen molar-refractivity contribution in [3.05, 3.63) is 117 Å². The number of para-hydroxylation sites is 1. The number of nitrogens with zero attached hydrogens (tertiary/aromatic N) is 3. The smallest absolute Gasteiger partial charge is 0.338 e. The number of nitrogens with two attached hydrogens (primary N) is 1. The zero-order chi connectivity index (χ0) is 25.9. The predicted molar refractivity (Wildman–Crippen MR) is 134 cm³/mol. The van der Waals surface area contributed by atoms with Crippen LogP contribution in [0.5, 0.6) is 0 Å². The number of esters is 1. The first-order valence-corrected chi connectivity index (χ1v) is 11.8. The van der Waals surface area contributed by atoms with E-state index in [1.807, 2.05) is 0 Å². The SMILES string of the molecule is N#CC1=C(N)N(c2ccc(Cl)cc2)C2=C(C(=O)OC2)C12C(=O)N(Cc1ccccc1F)c1ccccc12. The molecule has 3 aliphatic heterocycles. The Labute approximate surface area is 216 Å². The quantitative estimate of drug-likeness (QED) is 0.526. The summed E-state index contributed by atoms with van der Waals surface area (Å²) in [6, 6.07) is 21.8. The first kappa shape index (κ1) is 22.8. The zero-order valence-electron chi connectivity index (χ0n) is 19.2. The average Bonchev–Trinajstić information content (AvgIpc) is 3.39. The van der Waals surface area contributed by atoms with Crippen molar-refractivity contribution in [1.29, 1.82) is 5.26 Å². The molecule has 1 amide bonds. The molecule has 3 heterocycles. The Hall–Kier alpha value is -4.61. The maximum atomic E-state index is 14.6. The second-order valence-corrected chi connectivity index (χ2v) is 9.27. The number of hydrogen-bond donors (Lipinski definition) is 1. The van der Waals surface area contributed by atoms with Crippen LogP contribution in [0.3, 0.4) is 0 Å². The molecule has 0 aliphatic carbocycles. The molecule has 7 nitrogen and oxygen atoms in total. The Morgan fingerprint density at radius 3 is 2.49 bits per heavy atom. The second kappa shape index (κ2) is 8.22. The number of anilines is 2. The topological polar surface area (TPSA) is 99.7 Å². The van der Waals surface area contributed by atoms with Crippen LogP contribution in [0, 0.1) is 17.1 Å². The van der Waals surface area contributed by atoms with Crippen molar-refractivity contribution < 1.29 is 18.7 Å². The van der Waals surface area contributed by atoms with Gasteiger partial charge in [0.25, 0.3) is 0 Å². The van der Waals surface area contributed by atoms with E-state index in [0.717, 1.165) is 0 Å². The molecular formula is C28H18ClFN4O3. The Morgan fingerprint density at radius 2 is 1.76 bits per heavy atom. The van der Waals surface area contributed by atoms with Gasteiger partial charge in [0.15, 0.2) is 0 Å². The van der Waals surface area contributed by atoms with E-state index >= 15 is 0 Å². The highest BCUT2D eigenvalue weighted by atomic mass is 35.5. The number of carbonyl (C=O) groups excluding carboxylic acids is 2. The summed E-state index contributed by atoms with van der Waals surface area (Å²) in [5.74, 6) is -1.76. The van der Waals surface area contributed by atoms with E-state index in [9.17, 15) is 19.2 Å². The van der Waals surface area contributed by atoms with Crippen LogP contribution in [-0.2, 0) is 26.3 Å². The summed E-state index contributed by atoms with van der Waals surface area (Å²) < 4.78 is 20.0. The van der Waals surface area contributed by atoms with E-state index in [0.29, 0.717) is 33.2 Å². The Balaban J connectivity index is 1.61. The van der Waals surface area contributed by atoms with Crippen LogP contribution >= 0.6 is 11.6 Å². The Kier molecular flexibility index (Phi) is 5.07. The summed E-state index contributed by atoms with van der Waals surface area (Å²) in [4.78, 5) is 30.7. The third-order valence-electron chi connectivity index (χ3n) is 7.00. The van der Waals surface area contributed by atoms with E-state index in [2.05, 4.69) is 6.07 Å². The van der Waals surface area contributed by atoms with Crippen LogP contribution in [0.15, 0.2) is 95.5 Å². The molecule has 0 saturated heterocycles. The minimum Gasteiger partial charge on any atom is -0.456 e. The number of fused-ring (bicyclic) bond motifs is 3. The monoisotopic (exact) mass is 512 g/mol. The largest absolute Gasteiger partial charge is 0.456 e. The molecule has 3 aliphatic rings. The fourth-order valence-corrected chi connectivity index (χ4v) is 5.56. The van der Waals surface area contributed by atoms with Gasteiger partial charge in [-0.25, -0.2) is 9.18 Å². The summed E-state index contributed by atoms with van der Waals surface area (Å²) in [5, 5.41) is 10.9. The number of nitriles is 1. The normalized spacial score (nSPS) is 20.4. The number of ether oxygens (including phenoxy) is 1. The molecule has 0 saturated carbocycles. The van der Waals surface area contributed by atoms with E-state index < -0.39 is 23.1 Å². The summed E-state index contributed by atoms with van der Waals surface area (Å²) in [7, 11) is 0. The lowest BCUT2D eigenvalue weighted by Gasteiger charge is -2.38. The molecular weight excluding hydrogens is 495 g/mol. The average molecular weight is 513 g/mol. The maximum Gasteiger partial charge on any atom is 0.338 e. The van der Waals surface area contributed by atoms with Crippen LogP contribution in [0.4, 0.5) is 15.8 Å². The zero-order valence-corrected chi connectivity index (χ0v) is 20.0. The van der Waals surface area contributed by atoms with Gasteiger partial charge in [0.1, 0.15) is 29.7 Å². The Bertz CT molecular complexity index is 1610. The molecule has 3 aromatic carbocycles. The van der Waals surface area contributed by atoms with Gasteiger partial charge in [-0.05, 0) is 36.4 Å². The summed E-state index contributed by atoms with van der Waals surface area (Å²) in [6.45, 7) is -0.234. The van der Waals surface area contributed by atoms with E-state index in [4.69, 9.17) is 22.1 Å². The number of benzene rings is 3. The molecule has 9 heteroatoms. The molecule has 3 aromatic rings. The lowest BCUT2D eigenvalue weighted by molar-refractivity contribution is -0.137. The lowest BCUT2D eigenvalue weighted by Crippen LogP contribution is -2.50. The highest BCUT2D eigenvalue weighted by Crippen LogP contribution is 2.56. The standard InChI is InChI=1S/C28H18ClFN4O3/c29-17-9-11-18(12-10-17)34-23-15-37-26(35)24(23)28(20(13-31)25(34)32)19-6-2-4-8-22(19)33(27(28)36)14-16-5-1-3-7-21(16)30/h1-12H,14-15,32H2. The number of halogens is 2. The maximum absolute atomic E-state index is 14.6. The third-order valence-corrected chi connectivity index (χ3v) is 7.25. The first-order valence-electron chi connectivity index (χ1n) is 11.4. The Morgan fingerprint density at radius 1 is 1.05 bits per heavy atom. The minimum absolute atomic E-state index is 0.00207. The predicted octanol–water partition coefficient (Wildman–Crippen LogP) is 4.29. The van der Waals surface area contributed by atoms with Crippen LogP contribution in [0.1, 0.15) is 11.1 Å². The van der Waals surface area contributed by atoms with E-state index in [-0.39, 0.29) is 30.1 Å². The molecule has 0 aromatic heterocycles. The lowest BCUT2D eigenvalue weighted by atomic mass is 9.67.